The summed E-state index contributed by atoms with van der Waals surface area (Å²) in [6.45, 7) is 0. The zero-order chi connectivity index (χ0) is 9.84. The molecule has 1 rings (SSSR count). The summed E-state index contributed by atoms with van der Waals surface area (Å²) in [5, 5.41) is 0. The molecule has 3 nitrogen and oxygen atoms in total. The SMILES string of the molecule is COc1ccc(C(=O)I)cc1OC. The largest absolute Gasteiger partial charge is 0.493 e. The number of ether oxygens (including phenoxy) is 2. The van der Waals surface area contributed by atoms with E-state index < -0.39 is 0 Å². The normalized spacial score (nSPS) is 9.46. The minimum Gasteiger partial charge on any atom is -0.493 e. The van der Waals surface area contributed by atoms with E-state index in [0.717, 1.165) is 0 Å². The summed E-state index contributed by atoms with van der Waals surface area (Å²) < 4.78 is 10.1. The third-order valence-electron chi connectivity index (χ3n) is 1.61. The molecule has 0 heterocycles. The van der Waals surface area contributed by atoms with E-state index in [4.69, 9.17) is 9.47 Å². The van der Waals surface area contributed by atoms with Crippen LogP contribution < -0.4 is 9.47 Å². The molecule has 0 saturated heterocycles. The van der Waals surface area contributed by atoms with Gasteiger partial charge in [0.1, 0.15) is 0 Å². The highest BCUT2D eigenvalue weighted by atomic mass is 127. The first-order chi connectivity index (χ1) is 6.19. The Bertz CT molecular complexity index is 323. The predicted molar refractivity (Wildman–Crippen MR) is 57.9 cm³/mol. The van der Waals surface area contributed by atoms with Crippen LogP contribution in [0.5, 0.6) is 11.5 Å². The molecule has 0 spiro atoms. The van der Waals surface area contributed by atoms with Crippen molar-refractivity contribution in [2.24, 2.45) is 0 Å². The van der Waals surface area contributed by atoms with E-state index in [1.54, 1.807) is 55.0 Å². The summed E-state index contributed by atoms with van der Waals surface area (Å²) in [6.07, 6.45) is 0. The average Bonchev–Trinajstić information content (AvgIpc) is 2.16. The van der Waals surface area contributed by atoms with E-state index in [1.807, 2.05) is 0 Å². The van der Waals surface area contributed by atoms with Gasteiger partial charge in [0.25, 0.3) is 0 Å². The molecule has 0 N–H and O–H groups in total. The van der Waals surface area contributed by atoms with E-state index in [9.17, 15) is 4.79 Å². The predicted octanol–water partition coefficient (Wildman–Crippen LogP) is 2.28. The quantitative estimate of drug-likeness (QED) is 0.633. The fourth-order valence-corrected chi connectivity index (χ4v) is 1.29. The van der Waals surface area contributed by atoms with Crippen LogP contribution in [0, 0.1) is 0 Å². The molecular weight excluding hydrogens is 283 g/mol. The van der Waals surface area contributed by atoms with Gasteiger partial charge in [0.05, 0.1) is 14.2 Å². The highest BCUT2D eigenvalue weighted by Gasteiger charge is 2.07. The van der Waals surface area contributed by atoms with Gasteiger partial charge in [-0.1, -0.05) is 0 Å². The van der Waals surface area contributed by atoms with Crippen LogP contribution in [0.4, 0.5) is 0 Å². The lowest BCUT2D eigenvalue weighted by Crippen LogP contribution is -1.93. The standard InChI is InChI=1S/C9H9IO3/c1-12-7-4-3-6(9(10)11)5-8(7)13-2/h3-5H,1-2H3. The molecule has 0 aliphatic carbocycles. The van der Waals surface area contributed by atoms with Gasteiger partial charge in [-0.05, 0) is 18.2 Å². The van der Waals surface area contributed by atoms with Crippen molar-refractivity contribution in [1.82, 2.24) is 0 Å². The Morgan fingerprint density at radius 1 is 1.23 bits per heavy atom. The third-order valence-corrected chi connectivity index (χ3v) is 2.23. The molecule has 1 aromatic carbocycles. The van der Waals surface area contributed by atoms with Crippen LogP contribution in [-0.2, 0) is 0 Å². The van der Waals surface area contributed by atoms with Crippen molar-refractivity contribution in [3.8, 4) is 11.5 Å². The molecule has 0 aliphatic rings. The van der Waals surface area contributed by atoms with Crippen LogP contribution in [0.15, 0.2) is 18.2 Å². The molecule has 13 heavy (non-hydrogen) atoms. The lowest BCUT2D eigenvalue weighted by molar-refractivity contribution is 0.110. The van der Waals surface area contributed by atoms with E-state index in [2.05, 4.69) is 0 Å². The number of rotatable bonds is 3. The fourth-order valence-electron chi connectivity index (χ4n) is 0.958. The number of carbonyl (C=O) groups excluding carboxylic acids is 1. The molecule has 0 aromatic heterocycles. The van der Waals surface area contributed by atoms with Crippen LogP contribution in [0.1, 0.15) is 10.4 Å². The van der Waals surface area contributed by atoms with Crippen molar-refractivity contribution in [3.63, 3.8) is 0 Å². The molecule has 70 valence electrons. The van der Waals surface area contributed by atoms with Crippen molar-refractivity contribution < 1.29 is 14.3 Å². The van der Waals surface area contributed by atoms with Gasteiger partial charge in [0.2, 0.25) is 3.79 Å². The van der Waals surface area contributed by atoms with Gasteiger partial charge in [0.15, 0.2) is 11.5 Å². The smallest absolute Gasteiger partial charge is 0.222 e. The first-order valence-corrected chi connectivity index (χ1v) is 4.68. The number of methoxy groups -OCH3 is 2. The topological polar surface area (TPSA) is 35.5 Å². The van der Waals surface area contributed by atoms with Crippen LogP contribution in [0.25, 0.3) is 0 Å². The molecule has 4 heteroatoms. The summed E-state index contributed by atoms with van der Waals surface area (Å²) in [5.74, 6) is 1.20. The molecular formula is C9H9IO3. The molecule has 0 bridgehead atoms. The second-order valence-electron chi connectivity index (χ2n) is 2.34. The second-order valence-corrected chi connectivity index (χ2v) is 3.32. The van der Waals surface area contributed by atoms with Crippen molar-refractivity contribution in [2.45, 2.75) is 0 Å². The molecule has 0 saturated carbocycles. The zero-order valence-electron chi connectivity index (χ0n) is 7.33. The second kappa shape index (κ2) is 4.45. The molecule has 1 aromatic rings. The minimum atomic E-state index is -0.0152. The summed E-state index contributed by atoms with van der Waals surface area (Å²) in [6, 6.07) is 5.08. The van der Waals surface area contributed by atoms with Gasteiger partial charge in [0, 0.05) is 28.2 Å². The van der Waals surface area contributed by atoms with E-state index in [1.165, 1.54) is 0 Å². The Balaban J connectivity index is 3.13. The molecule has 0 aliphatic heterocycles. The van der Waals surface area contributed by atoms with E-state index in [0.29, 0.717) is 17.1 Å². The fraction of sp³-hybridized carbons (Fsp3) is 0.222. The zero-order valence-corrected chi connectivity index (χ0v) is 9.49. The average molecular weight is 292 g/mol. The summed E-state index contributed by atoms with van der Waals surface area (Å²) >= 11 is 1.73. The maximum atomic E-state index is 11.0. The van der Waals surface area contributed by atoms with Crippen molar-refractivity contribution in [2.75, 3.05) is 14.2 Å². The lowest BCUT2D eigenvalue weighted by atomic mass is 10.2. The van der Waals surface area contributed by atoms with Crippen LogP contribution in [-0.4, -0.2) is 18.0 Å². The van der Waals surface area contributed by atoms with Crippen LogP contribution in [0.3, 0.4) is 0 Å². The van der Waals surface area contributed by atoms with Gasteiger partial charge in [-0.15, -0.1) is 0 Å². The third kappa shape index (κ3) is 2.33. The van der Waals surface area contributed by atoms with E-state index >= 15 is 0 Å². The summed E-state index contributed by atoms with van der Waals surface area (Å²) in [5.41, 5.74) is 0.609. The highest BCUT2D eigenvalue weighted by molar-refractivity contribution is 14.1. The van der Waals surface area contributed by atoms with E-state index in [-0.39, 0.29) is 3.79 Å². The maximum absolute atomic E-state index is 11.0. The van der Waals surface area contributed by atoms with Crippen LogP contribution >= 0.6 is 22.6 Å². The Hall–Kier alpha value is -0.780. The Morgan fingerprint density at radius 2 is 1.85 bits per heavy atom. The Labute approximate surface area is 90.2 Å². The molecule has 0 fully saturated rings. The van der Waals surface area contributed by atoms with Crippen LogP contribution in [0.2, 0.25) is 0 Å². The summed E-state index contributed by atoms with van der Waals surface area (Å²) in [7, 11) is 3.10. The van der Waals surface area contributed by atoms with Gasteiger partial charge in [-0.2, -0.15) is 0 Å². The number of carbonyl (C=O) groups is 1. The Morgan fingerprint density at radius 3 is 2.31 bits per heavy atom. The number of hydrogen-bond donors (Lipinski definition) is 0. The van der Waals surface area contributed by atoms with Gasteiger partial charge in [-0.25, -0.2) is 0 Å². The number of halogens is 1. The minimum absolute atomic E-state index is 0.0152. The van der Waals surface area contributed by atoms with Crippen molar-refractivity contribution in [3.05, 3.63) is 23.8 Å². The maximum Gasteiger partial charge on any atom is 0.222 e. The summed E-state index contributed by atoms with van der Waals surface area (Å²) in [4.78, 5) is 11.0. The van der Waals surface area contributed by atoms with Crippen molar-refractivity contribution >= 4 is 26.4 Å². The van der Waals surface area contributed by atoms with Gasteiger partial charge >= 0.3 is 0 Å². The van der Waals surface area contributed by atoms with Gasteiger partial charge < -0.3 is 9.47 Å². The number of benzene rings is 1. The molecule has 0 atom stereocenters. The first-order valence-electron chi connectivity index (χ1n) is 3.61. The molecule has 0 unspecified atom stereocenters. The van der Waals surface area contributed by atoms with Gasteiger partial charge in [-0.3, -0.25) is 4.79 Å². The van der Waals surface area contributed by atoms with Crippen molar-refractivity contribution in [1.29, 1.82) is 0 Å². The lowest BCUT2D eigenvalue weighted by Gasteiger charge is -2.07. The molecule has 0 radical (unpaired) electrons. The number of hydrogen-bond acceptors (Lipinski definition) is 3. The monoisotopic (exact) mass is 292 g/mol. The Kier molecular flexibility index (Phi) is 3.53. The molecule has 0 amide bonds. The highest BCUT2D eigenvalue weighted by Crippen LogP contribution is 2.28. The first kappa shape index (κ1) is 10.3.